The van der Waals surface area contributed by atoms with Crippen LogP contribution in [0, 0.1) is 12.8 Å². The second-order valence-electron chi connectivity index (χ2n) is 6.28. The van der Waals surface area contributed by atoms with Crippen molar-refractivity contribution in [1.82, 2.24) is 4.31 Å². The van der Waals surface area contributed by atoms with Crippen LogP contribution < -0.4 is 0 Å². The van der Waals surface area contributed by atoms with Gasteiger partial charge >= 0.3 is 0 Å². The molecule has 1 aliphatic rings. The van der Waals surface area contributed by atoms with Crippen LogP contribution in [0.2, 0.25) is 0 Å². The molecule has 0 saturated carbocycles. The number of ether oxygens (including phenoxy) is 1. The number of hydrogen-bond acceptors (Lipinski definition) is 3. The van der Waals surface area contributed by atoms with E-state index in [9.17, 15) is 8.42 Å². The molecule has 1 aliphatic heterocycles. The van der Waals surface area contributed by atoms with Crippen LogP contribution in [0.5, 0.6) is 0 Å². The zero-order valence-electron chi connectivity index (χ0n) is 13.5. The summed E-state index contributed by atoms with van der Waals surface area (Å²) in [6.45, 7) is 10.6. The molecule has 22 heavy (non-hydrogen) atoms. The Hall–Kier alpha value is -1.17. The maximum Gasteiger partial charge on any atom is 0.243 e. The van der Waals surface area contributed by atoms with Crippen LogP contribution >= 0.6 is 0 Å². The van der Waals surface area contributed by atoms with Gasteiger partial charge in [-0.3, -0.25) is 0 Å². The summed E-state index contributed by atoms with van der Waals surface area (Å²) in [6.07, 6.45) is 2.21. The molecule has 0 spiro atoms. The summed E-state index contributed by atoms with van der Waals surface area (Å²) in [6, 6.07) is 6.89. The molecule has 0 aliphatic carbocycles. The minimum atomic E-state index is -3.51. The molecular formula is C17H25NO3S. The van der Waals surface area contributed by atoms with E-state index in [1.54, 1.807) is 22.5 Å². The van der Waals surface area contributed by atoms with E-state index in [1.165, 1.54) is 0 Å². The Balaban J connectivity index is 2.33. The van der Waals surface area contributed by atoms with Gasteiger partial charge in [0.2, 0.25) is 10.0 Å². The monoisotopic (exact) mass is 323 g/mol. The maximum absolute atomic E-state index is 13.0. The molecule has 4 nitrogen and oxygen atoms in total. The lowest BCUT2D eigenvalue weighted by atomic mass is 10.0. The summed E-state index contributed by atoms with van der Waals surface area (Å²) in [5.41, 5.74) is 1.05. The van der Waals surface area contributed by atoms with Gasteiger partial charge < -0.3 is 4.74 Å². The first-order chi connectivity index (χ1) is 10.3. The molecule has 1 saturated heterocycles. The van der Waals surface area contributed by atoms with Crippen LogP contribution in [0.4, 0.5) is 0 Å². The van der Waals surface area contributed by atoms with E-state index < -0.39 is 10.0 Å². The molecule has 1 fully saturated rings. The normalized spacial score (nSPS) is 23.6. The summed E-state index contributed by atoms with van der Waals surface area (Å²) < 4.78 is 33.3. The predicted molar refractivity (Wildman–Crippen MR) is 88.3 cm³/mol. The SMILES string of the molecule is C=C[C@H]1CN(S(=O)(=O)c2ccc(C)cc2)[C@@H](CC(C)C)CO1. The number of benzene rings is 1. The van der Waals surface area contributed by atoms with Crippen molar-refractivity contribution in [2.75, 3.05) is 13.2 Å². The summed E-state index contributed by atoms with van der Waals surface area (Å²) in [4.78, 5) is 0.344. The van der Waals surface area contributed by atoms with Gasteiger partial charge in [-0.15, -0.1) is 6.58 Å². The molecule has 1 aromatic rings. The van der Waals surface area contributed by atoms with Crippen LogP contribution in [0.3, 0.4) is 0 Å². The molecule has 2 rings (SSSR count). The van der Waals surface area contributed by atoms with Gasteiger partial charge in [0.1, 0.15) is 0 Å². The first-order valence-electron chi connectivity index (χ1n) is 7.67. The van der Waals surface area contributed by atoms with E-state index in [-0.39, 0.29) is 12.1 Å². The van der Waals surface area contributed by atoms with Crippen LogP contribution in [0.15, 0.2) is 41.8 Å². The lowest BCUT2D eigenvalue weighted by Crippen LogP contribution is -2.52. The quantitative estimate of drug-likeness (QED) is 0.783. The highest BCUT2D eigenvalue weighted by atomic mass is 32.2. The number of morpholine rings is 1. The van der Waals surface area contributed by atoms with Crippen LogP contribution in [0.1, 0.15) is 25.8 Å². The molecule has 0 aromatic heterocycles. The molecule has 1 aromatic carbocycles. The second kappa shape index (κ2) is 6.94. The fraction of sp³-hybridized carbons (Fsp3) is 0.529. The van der Waals surface area contributed by atoms with Crippen LogP contribution in [-0.2, 0) is 14.8 Å². The van der Waals surface area contributed by atoms with Crippen molar-refractivity contribution in [2.24, 2.45) is 5.92 Å². The van der Waals surface area contributed by atoms with E-state index in [2.05, 4.69) is 20.4 Å². The highest BCUT2D eigenvalue weighted by Crippen LogP contribution is 2.26. The van der Waals surface area contributed by atoms with E-state index in [4.69, 9.17) is 4.74 Å². The third-order valence-electron chi connectivity index (χ3n) is 3.90. The average Bonchev–Trinajstić information content (AvgIpc) is 2.47. The minimum absolute atomic E-state index is 0.123. The van der Waals surface area contributed by atoms with Gasteiger partial charge in [0.05, 0.1) is 17.6 Å². The molecule has 122 valence electrons. The van der Waals surface area contributed by atoms with E-state index in [1.807, 2.05) is 19.1 Å². The van der Waals surface area contributed by atoms with Crippen molar-refractivity contribution in [3.63, 3.8) is 0 Å². The Morgan fingerprint density at radius 2 is 2.00 bits per heavy atom. The third-order valence-corrected chi connectivity index (χ3v) is 5.84. The smallest absolute Gasteiger partial charge is 0.243 e. The van der Waals surface area contributed by atoms with Crippen molar-refractivity contribution >= 4 is 10.0 Å². The Morgan fingerprint density at radius 1 is 1.36 bits per heavy atom. The molecule has 0 N–H and O–H groups in total. The van der Waals surface area contributed by atoms with Crippen molar-refractivity contribution < 1.29 is 13.2 Å². The van der Waals surface area contributed by atoms with E-state index in [0.717, 1.165) is 12.0 Å². The summed E-state index contributed by atoms with van der Waals surface area (Å²) in [7, 11) is -3.51. The van der Waals surface area contributed by atoms with Gasteiger partial charge in [0.15, 0.2) is 0 Å². The molecule has 1 heterocycles. The number of nitrogens with zero attached hydrogens (tertiary/aromatic N) is 1. The van der Waals surface area contributed by atoms with Crippen molar-refractivity contribution in [3.8, 4) is 0 Å². The summed E-state index contributed by atoms with van der Waals surface area (Å²) in [5.74, 6) is 0.407. The van der Waals surface area contributed by atoms with Gasteiger partial charge in [-0.05, 0) is 31.4 Å². The fourth-order valence-electron chi connectivity index (χ4n) is 2.71. The van der Waals surface area contributed by atoms with Crippen molar-refractivity contribution in [1.29, 1.82) is 0 Å². The number of rotatable bonds is 5. The zero-order valence-corrected chi connectivity index (χ0v) is 14.3. The van der Waals surface area contributed by atoms with Crippen molar-refractivity contribution in [2.45, 2.75) is 44.2 Å². The van der Waals surface area contributed by atoms with E-state index >= 15 is 0 Å². The molecule has 2 atom stereocenters. The van der Waals surface area contributed by atoms with Gasteiger partial charge in [-0.25, -0.2) is 8.42 Å². The molecule has 5 heteroatoms. The van der Waals surface area contributed by atoms with Gasteiger partial charge in [-0.2, -0.15) is 4.31 Å². The Labute approximate surface area is 133 Å². The zero-order chi connectivity index (χ0) is 16.3. The predicted octanol–water partition coefficient (Wildman–Crippen LogP) is 2.99. The molecule has 0 bridgehead atoms. The first kappa shape index (κ1) is 17.2. The Kier molecular flexibility index (Phi) is 5.42. The highest BCUT2D eigenvalue weighted by molar-refractivity contribution is 7.89. The Morgan fingerprint density at radius 3 is 2.55 bits per heavy atom. The topological polar surface area (TPSA) is 46.6 Å². The largest absolute Gasteiger partial charge is 0.371 e. The third kappa shape index (κ3) is 3.77. The van der Waals surface area contributed by atoms with Gasteiger partial charge in [-0.1, -0.05) is 37.6 Å². The minimum Gasteiger partial charge on any atom is -0.371 e. The van der Waals surface area contributed by atoms with E-state index in [0.29, 0.717) is 24.0 Å². The standard InChI is InChI=1S/C17H25NO3S/c1-5-16-11-18(15(12-21-16)10-13(2)3)22(19,20)17-8-6-14(4)7-9-17/h5-9,13,15-16H,1,10-12H2,2-4H3/t15-,16-/m0/s1. The fourth-order valence-corrected chi connectivity index (χ4v) is 4.34. The highest BCUT2D eigenvalue weighted by Gasteiger charge is 2.37. The number of hydrogen-bond donors (Lipinski definition) is 0. The lowest BCUT2D eigenvalue weighted by Gasteiger charge is -2.38. The molecule has 0 radical (unpaired) electrons. The van der Waals surface area contributed by atoms with Crippen LogP contribution in [0.25, 0.3) is 0 Å². The maximum atomic E-state index is 13.0. The number of aryl methyl sites for hydroxylation is 1. The molecule has 0 unspecified atom stereocenters. The average molecular weight is 323 g/mol. The van der Waals surface area contributed by atoms with Gasteiger partial charge in [0, 0.05) is 12.6 Å². The summed E-state index contributed by atoms with van der Waals surface area (Å²) in [5, 5.41) is 0. The molecular weight excluding hydrogens is 298 g/mol. The lowest BCUT2D eigenvalue weighted by molar-refractivity contribution is -0.0131. The Bertz CT molecular complexity index is 607. The number of sulfonamides is 1. The first-order valence-corrected chi connectivity index (χ1v) is 9.11. The molecule has 0 amide bonds. The van der Waals surface area contributed by atoms with Crippen molar-refractivity contribution in [3.05, 3.63) is 42.5 Å². The second-order valence-corrected chi connectivity index (χ2v) is 8.17. The van der Waals surface area contributed by atoms with Crippen LogP contribution in [-0.4, -0.2) is 38.0 Å². The summed E-state index contributed by atoms with van der Waals surface area (Å²) >= 11 is 0. The van der Waals surface area contributed by atoms with Gasteiger partial charge in [0.25, 0.3) is 0 Å².